The number of para-hydroxylation sites is 1. The molecule has 0 fully saturated rings. The Bertz CT molecular complexity index is 945. The summed E-state index contributed by atoms with van der Waals surface area (Å²) in [5, 5.41) is 5.97. The number of hydrogen-bond acceptors (Lipinski definition) is 2. The van der Waals surface area contributed by atoms with Crippen LogP contribution in [0.4, 0.5) is 27.8 Å². The number of nitrogens with one attached hydrogen (secondary N) is 1. The largest absolute Gasteiger partial charge is 0.417 e. The molecule has 26 heavy (non-hydrogen) atoms. The highest BCUT2D eigenvalue weighted by Gasteiger charge is 2.34. The number of anilines is 1. The number of carbonyl (C=O) groups excluding carboxylic acids is 1. The van der Waals surface area contributed by atoms with Crippen molar-refractivity contribution in [1.29, 1.82) is 0 Å². The van der Waals surface area contributed by atoms with Gasteiger partial charge in [-0.2, -0.15) is 13.2 Å². The molecule has 0 radical (unpaired) electrons. The van der Waals surface area contributed by atoms with Crippen LogP contribution in [0.25, 0.3) is 5.69 Å². The molecule has 1 amide bonds. The molecule has 0 unspecified atom stereocenters. The van der Waals surface area contributed by atoms with E-state index in [0.29, 0.717) is 0 Å². The van der Waals surface area contributed by atoms with E-state index in [0.717, 1.165) is 35.0 Å². The minimum absolute atomic E-state index is 0.158. The molecule has 1 heterocycles. The van der Waals surface area contributed by atoms with Crippen molar-refractivity contribution in [1.82, 2.24) is 9.78 Å². The molecule has 2 aromatic carbocycles. The van der Waals surface area contributed by atoms with Crippen molar-refractivity contribution in [2.75, 3.05) is 5.32 Å². The zero-order chi connectivity index (χ0) is 18.9. The van der Waals surface area contributed by atoms with E-state index in [4.69, 9.17) is 0 Å². The fourth-order valence-corrected chi connectivity index (χ4v) is 2.33. The van der Waals surface area contributed by atoms with Crippen LogP contribution in [0.15, 0.2) is 54.7 Å². The Labute approximate surface area is 143 Å². The van der Waals surface area contributed by atoms with E-state index in [1.165, 1.54) is 24.4 Å². The first-order chi connectivity index (χ1) is 12.3. The first-order valence-corrected chi connectivity index (χ1v) is 7.25. The van der Waals surface area contributed by atoms with Gasteiger partial charge < -0.3 is 5.32 Å². The van der Waals surface area contributed by atoms with Crippen LogP contribution in [0.2, 0.25) is 0 Å². The van der Waals surface area contributed by atoms with Gasteiger partial charge in [-0.25, -0.2) is 13.5 Å². The van der Waals surface area contributed by atoms with Gasteiger partial charge in [-0.15, -0.1) is 5.10 Å². The number of alkyl halides is 3. The molecule has 0 spiro atoms. The number of nitrogens with zero attached hydrogens (tertiary/aromatic N) is 2. The summed E-state index contributed by atoms with van der Waals surface area (Å²) < 4.78 is 67.3. The summed E-state index contributed by atoms with van der Waals surface area (Å²) in [5.74, 6) is -2.96. The maximum Gasteiger partial charge on any atom is 0.417 e. The second-order valence-electron chi connectivity index (χ2n) is 5.21. The summed E-state index contributed by atoms with van der Waals surface area (Å²) in [6.45, 7) is 0. The number of aromatic nitrogens is 2. The van der Waals surface area contributed by atoms with Crippen molar-refractivity contribution in [3.63, 3.8) is 0 Å². The minimum atomic E-state index is -4.70. The summed E-state index contributed by atoms with van der Waals surface area (Å²) in [5.41, 5.74) is -2.16. The number of hydrogen-bond donors (Lipinski definition) is 1. The molecule has 134 valence electrons. The van der Waals surface area contributed by atoms with Gasteiger partial charge in [-0.05, 0) is 24.3 Å². The van der Waals surface area contributed by atoms with Gasteiger partial charge in [-0.1, -0.05) is 18.2 Å². The first kappa shape index (κ1) is 17.6. The Morgan fingerprint density at radius 1 is 0.962 bits per heavy atom. The summed E-state index contributed by atoms with van der Waals surface area (Å²) in [4.78, 5) is 12.2. The predicted octanol–water partition coefficient (Wildman–Crippen LogP) is 4.42. The van der Waals surface area contributed by atoms with Crippen molar-refractivity contribution in [3.8, 4) is 5.69 Å². The second-order valence-corrected chi connectivity index (χ2v) is 5.21. The number of amides is 1. The summed E-state index contributed by atoms with van der Waals surface area (Å²) in [6.07, 6.45) is -3.53. The van der Waals surface area contributed by atoms with Crippen molar-refractivity contribution in [2.45, 2.75) is 6.18 Å². The molecule has 0 saturated heterocycles. The van der Waals surface area contributed by atoms with E-state index in [2.05, 4.69) is 10.4 Å². The molecular formula is C17H10F5N3O. The molecule has 0 aliphatic heterocycles. The van der Waals surface area contributed by atoms with Crippen molar-refractivity contribution in [2.24, 2.45) is 0 Å². The monoisotopic (exact) mass is 367 g/mol. The lowest BCUT2D eigenvalue weighted by Crippen LogP contribution is -2.19. The maximum absolute atomic E-state index is 13.7. The lowest BCUT2D eigenvalue weighted by molar-refractivity contribution is -0.137. The minimum Gasteiger partial charge on any atom is -0.305 e. The average Bonchev–Trinajstić information content (AvgIpc) is 3.02. The molecule has 0 aliphatic carbocycles. The van der Waals surface area contributed by atoms with Gasteiger partial charge in [0.25, 0.3) is 5.91 Å². The van der Waals surface area contributed by atoms with Crippen LogP contribution >= 0.6 is 0 Å². The first-order valence-electron chi connectivity index (χ1n) is 7.25. The Kier molecular flexibility index (Phi) is 4.45. The second kappa shape index (κ2) is 6.58. The van der Waals surface area contributed by atoms with E-state index in [-0.39, 0.29) is 5.82 Å². The molecule has 1 N–H and O–H groups in total. The number of benzene rings is 2. The highest BCUT2D eigenvalue weighted by molar-refractivity contribution is 6.04. The summed E-state index contributed by atoms with van der Waals surface area (Å²) in [6, 6.07) is 8.69. The van der Waals surface area contributed by atoms with E-state index in [9.17, 15) is 26.7 Å². The lowest BCUT2D eigenvalue weighted by Gasteiger charge is -2.11. The highest BCUT2D eigenvalue weighted by atomic mass is 19.4. The molecular weight excluding hydrogens is 357 g/mol. The van der Waals surface area contributed by atoms with Gasteiger partial charge in [0.15, 0.2) is 17.5 Å². The number of carbonyl (C=O) groups is 1. The molecule has 0 aliphatic rings. The molecule has 3 rings (SSSR count). The Hall–Kier alpha value is -3.23. The lowest BCUT2D eigenvalue weighted by atomic mass is 10.1. The van der Waals surface area contributed by atoms with Gasteiger partial charge in [-0.3, -0.25) is 4.79 Å². The molecule has 0 saturated carbocycles. The van der Waals surface area contributed by atoms with Crippen LogP contribution < -0.4 is 5.32 Å². The Morgan fingerprint density at radius 2 is 1.62 bits per heavy atom. The van der Waals surface area contributed by atoms with E-state index in [1.54, 1.807) is 0 Å². The summed E-state index contributed by atoms with van der Waals surface area (Å²) >= 11 is 0. The third-order valence-corrected chi connectivity index (χ3v) is 3.47. The van der Waals surface area contributed by atoms with Crippen LogP contribution in [0, 0.1) is 11.6 Å². The van der Waals surface area contributed by atoms with Crippen LogP contribution in [-0.2, 0) is 6.18 Å². The number of halogens is 5. The average molecular weight is 367 g/mol. The normalized spacial score (nSPS) is 11.4. The molecule has 1 aromatic heterocycles. The third kappa shape index (κ3) is 3.41. The van der Waals surface area contributed by atoms with Crippen molar-refractivity contribution >= 4 is 11.7 Å². The van der Waals surface area contributed by atoms with E-state index < -0.39 is 40.5 Å². The van der Waals surface area contributed by atoms with Crippen LogP contribution in [0.3, 0.4) is 0 Å². The van der Waals surface area contributed by atoms with Gasteiger partial charge >= 0.3 is 6.18 Å². The zero-order valence-electron chi connectivity index (χ0n) is 12.9. The van der Waals surface area contributed by atoms with Gasteiger partial charge in [0.05, 0.1) is 11.1 Å². The van der Waals surface area contributed by atoms with Crippen LogP contribution in [0.5, 0.6) is 0 Å². The maximum atomic E-state index is 13.7. The smallest absolute Gasteiger partial charge is 0.305 e. The van der Waals surface area contributed by atoms with E-state index in [1.807, 2.05) is 0 Å². The molecule has 3 aromatic rings. The van der Waals surface area contributed by atoms with Crippen molar-refractivity contribution in [3.05, 3.63) is 77.5 Å². The fourth-order valence-electron chi connectivity index (χ4n) is 2.33. The molecule has 4 nitrogen and oxygen atoms in total. The topological polar surface area (TPSA) is 46.9 Å². The predicted molar refractivity (Wildman–Crippen MR) is 82.9 cm³/mol. The zero-order valence-corrected chi connectivity index (χ0v) is 12.9. The molecule has 0 bridgehead atoms. The van der Waals surface area contributed by atoms with Gasteiger partial charge in [0.1, 0.15) is 5.69 Å². The summed E-state index contributed by atoms with van der Waals surface area (Å²) in [7, 11) is 0. The fraction of sp³-hybridized carbons (Fsp3) is 0.0588. The third-order valence-electron chi connectivity index (χ3n) is 3.47. The van der Waals surface area contributed by atoms with E-state index >= 15 is 0 Å². The Balaban J connectivity index is 1.88. The Morgan fingerprint density at radius 3 is 2.27 bits per heavy atom. The standard InChI is InChI=1S/C17H10F5N3O/c18-12-6-3-7-13(19)15(12)25-9-8-14(24-25)23-16(26)10-4-1-2-5-11(10)17(20,21)22/h1-9H,(H,23,24,26). The molecule has 0 atom stereocenters. The van der Waals surface area contributed by atoms with Crippen LogP contribution in [-0.4, -0.2) is 15.7 Å². The number of rotatable bonds is 3. The van der Waals surface area contributed by atoms with Crippen molar-refractivity contribution < 1.29 is 26.7 Å². The molecule has 9 heteroatoms. The quantitative estimate of drug-likeness (QED) is 0.697. The van der Waals surface area contributed by atoms with Gasteiger partial charge in [0.2, 0.25) is 0 Å². The van der Waals surface area contributed by atoms with Crippen LogP contribution in [0.1, 0.15) is 15.9 Å². The SMILES string of the molecule is O=C(Nc1ccn(-c2c(F)cccc2F)n1)c1ccccc1C(F)(F)F. The van der Waals surface area contributed by atoms with Gasteiger partial charge in [0, 0.05) is 12.3 Å². The highest BCUT2D eigenvalue weighted by Crippen LogP contribution is 2.32.